The van der Waals surface area contributed by atoms with E-state index in [1.165, 1.54) is 5.70 Å². The third kappa shape index (κ3) is 2.29. The fraction of sp³-hybridized carbons (Fsp3) is 0.692. The van der Waals surface area contributed by atoms with E-state index >= 15 is 0 Å². The molecule has 94 valence electrons. The van der Waals surface area contributed by atoms with Crippen LogP contribution < -0.4 is 5.32 Å². The molecule has 0 aromatic heterocycles. The molecule has 3 nitrogen and oxygen atoms in total. The second-order valence-electron chi connectivity index (χ2n) is 5.75. The summed E-state index contributed by atoms with van der Waals surface area (Å²) in [7, 11) is 1.72. The lowest BCUT2D eigenvalue weighted by molar-refractivity contribution is 0.00578. The van der Waals surface area contributed by atoms with Crippen LogP contribution in [0.25, 0.3) is 0 Å². The van der Waals surface area contributed by atoms with Gasteiger partial charge in [0.1, 0.15) is 0 Å². The first-order chi connectivity index (χ1) is 7.86. The minimum atomic E-state index is -0.260. The van der Waals surface area contributed by atoms with Crippen molar-refractivity contribution in [2.75, 3.05) is 7.05 Å². The average Bonchev–Trinajstić information content (AvgIpc) is 2.48. The van der Waals surface area contributed by atoms with E-state index in [0.29, 0.717) is 0 Å². The Labute approximate surface area is 104 Å². The van der Waals surface area contributed by atoms with Gasteiger partial charge >= 0.3 is 7.12 Å². The summed E-state index contributed by atoms with van der Waals surface area (Å²) in [6.07, 6.45) is 6.47. The smallest absolute Gasteiger partial charge is 0.399 e. The van der Waals surface area contributed by atoms with Crippen molar-refractivity contribution in [1.29, 1.82) is 0 Å². The normalized spacial score (nSPS) is 26.5. The summed E-state index contributed by atoms with van der Waals surface area (Å²) >= 11 is 0. The molecule has 0 aromatic carbocycles. The lowest BCUT2D eigenvalue weighted by Gasteiger charge is -2.32. The third-order valence-electron chi connectivity index (χ3n) is 3.98. The van der Waals surface area contributed by atoms with Crippen LogP contribution in [0.1, 0.15) is 40.5 Å². The Morgan fingerprint density at radius 3 is 2.29 bits per heavy atom. The number of allylic oxidation sites excluding steroid dienone is 4. The van der Waals surface area contributed by atoms with Gasteiger partial charge in [-0.1, -0.05) is 6.08 Å². The maximum absolute atomic E-state index is 6.03. The van der Waals surface area contributed by atoms with Gasteiger partial charge in [-0.05, 0) is 52.1 Å². The highest BCUT2D eigenvalue weighted by molar-refractivity contribution is 6.55. The molecule has 1 fully saturated rings. The minimum Gasteiger partial charge on any atom is -0.399 e. The first-order valence-corrected chi connectivity index (χ1v) is 6.30. The Morgan fingerprint density at radius 1 is 1.18 bits per heavy atom. The van der Waals surface area contributed by atoms with Crippen LogP contribution in [0.15, 0.2) is 23.3 Å². The van der Waals surface area contributed by atoms with Gasteiger partial charge in [0, 0.05) is 12.7 Å². The van der Waals surface area contributed by atoms with Crippen molar-refractivity contribution in [1.82, 2.24) is 5.32 Å². The molecule has 0 saturated carbocycles. The molecule has 0 atom stereocenters. The summed E-state index contributed by atoms with van der Waals surface area (Å²) in [6, 6.07) is 0. The Balaban J connectivity index is 2.17. The predicted octanol–water partition coefficient (Wildman–Crippen LogP) is 2.44. The van der Waals surface area contributed by atoms with Crippen molar-refractivity contribution >= 4 is 7.12 Å². The van der Waals surface area contributed by atoms with Crippen molar-refractivity contribution in [2.24, 2.45) is 0 Å². The lowest BCUT2D eigenvalue weighted by Crippen LogP contribution is -2.41. The zero-order chi connectivity index (χ0) is 12.7. The summed E-state index contributed by atoms with van der Waals surface area (Å²) in [5.41, 5.74) is 1.86. The molecule has 1 aliphatic carbocycles. The number of nitrogens with one attached hydrogen (secondary N) is 1. The number of hydrogen-bond donors (Lipinski definition) is 1. The van der Waals surface area contributed by atoms with E-state index in [1.54, 1.807) is 0 Å². The molecular weight excluding hydrogens is 213 g/mol. The monoisotopic (exact) mass is 235 g/mol. The third-order valence-corrected chi connectivity index (χ3v) is 3.98. The molecule has 0 spiro atoms. The van der Waals surface area contributed by atoms with Crippen LogP contribution in [0.2, 0.25) is 0 Å². The molecule has 0 amide bonds. The number of hydrogen-bond acceptors (Lipinski definition) is 3. The second-order valence-corrected chi connectivity index (χ2v) is 5.75. The summed E-state index contributed by atoms with van der Waals surface area (Å²) in [6.45, 7) is 8.33. The van der Waals surface area contributed by atoms with Gasteiger partial charge in [-0.3, -0.25) is 0 Å². The van der Waals surface area contributed by atoms with Crippen LogP contribution in [-0.4, -0.2) is 25.4 Å². The topological polar surface area (TPSA) is 30.5 Å². The van der Waals surface area contributed by atoms with Gasteiger partial charge in [0.15, 0.2) is 0 Å². The van der Waals surface area contributed by atoms with Gasteiger partial charge in [0.05, 0.1) is 11.2 Å². The maximum Gasteiger partial charge on any atom is 0.494 e. The lowest BCUT2D eigenvalue weighted by atomic mass is 9.75. The van der Waals surface area contributed by atoms with E-state index in [-0.39, 0.29) is 18.3 Å². The summed E-state index contributed by atoms with van der Waals surface area (Å²) < 4.78 is 12.1. The quantitative estimate of drug-likeness (QED) is 0.745. The summed E-state index contributed by atoms with van der Waals surface area (Å²) in [5, 5.41) is 3.21. The fourth-order valence-corrected chi connectivity index (χ4v) is 2.07. The molecule has 0 aromatic rings. The van der Waals surface area contributed by atoms with Crippen LogP contribution >= 0.6 is 0 Å². The van der Waals surface area contributed by atoms with Crippen molar-refractivity contribution in [3.63, 3.8) is 0 Å². The van der Waals surface area contributed by atoms with Crippen LogP contribution in [0.3, 0.4) is 0 Å². The molecule has 1 aliphatic heterocycles. The van der Waals surface area contributed by atoms with E-state index in [9.17, 15) is 0 Å². The Morgan fingerprint density at radius 2 is 1.76 bits per heavy atom. The SMILES string of the molecule is CNC1=CC(B2OC(C)(C)C(C)(C)O2)=CCC1. The highest BCUT2D eigenvalue weighted by Crippen LogP contribution is 2.39. The second kappa shape index (κ2) is 4.18. The van der Waals surface area contributed by atoms with Crippen LogP contribution in [0, 0.1) is 0 Å². The standard InChI is InChI=1S/C13H22BNO2/c1-12(2)13(3,4)17-14(16-12)10-7-6-8-11(9-10)15-5/h7,9,15H,6,8H2,1-5H3. The van der Waals surface area contributed by atoms with E-state index in [4.69, 9.17) is 9.31 Å². The largest absolute Gasteiger partial charge is 0.494 e. The van der Waals surface area contributed by atoms with Gasteiger partial charge in [-0.15, -0.1) is 0 Å². The highest BCUT2D eigenvalue weighted by Gasteiger charge is 2.52. The first kappa shape index (κ1) is 12.7. The van der Waals surface area contributed by atoms with Gasteiger partial charge in [0.2, 0.25) is 0 Å². The Hall–Kier alpha value is -0.735. The molecule has 17 heavy (non-hydrogen) atoms. The van der Waals surface area contributed by atoms with E-state index < -0.39 is 0 Å². The van der Waals surface area contributed by atoms with Crippen molar-refractivity contribution in [3.05, 3.63) is 23.3 Å². The molecule has 2 aliphatic rings. The fourth-order valence-electron chi connectivity index (χ4n) is 2.07. The van der Waals surface area contributed by atoms with Gasteiger partial charge < -0.3 is 14.6 Å². The van der Waals surface area contributed by atoms with Crippen molar-refractivity contribution < 1.29 is 9.31 Å². The van der Waals surface area contributed by atoms with Crippen LogP contribution in [0.4, 0.5) is 0 Å². The number of rotatable bonds is 2. The van der Waals surface area contributed by atoms with Gasteiger partial charge in [-0.25, -0.2) is 0 Å². The Bertz CT molecular complexity index is 356. The zero-order valence-corrected chi connectivity index (χ0v) is 11.5. The predicted molar refractivity (Wildman–Crippen MR) is 70.5 cm³/mol. The molecule has 1 saturated heterocycles. The molecule has 0 bridgehead atoms. The van der Waals surface area contributed by atoms with E-state index in [1.807, 2.05) is 7.05 Å². The highest BCUT2D eigenvalue weighted by atomic mass is 16.7. The molecule has 0 unspecified atom stereocenters. The molecule has 1 heterocycles. The maximum atomic E-state index is 6.03. The first-order valence-electron chi connectivity index (χ1n) is 6.30. The molecular formula is C13H22BNO2. The van der Waals surface area contributed by atoms with Gasteiger partial charge in [-0.2, -0.15) is 0 Å². The van der Waals surface area contributed by atoms with E-state index in [2.05, 4.69) is 45.2 Å². The average molecular weight is 235 g/mol. The van der Waals surface area contributed by atoms with Gasteiger partial charge in [0.25, 0.3) is 0 Å². The van der Waals surface area contributed by atoms with Crippen LogP contribution in [0.5, 0.6) is 0 Å². The van der Waals surface area contributed by atoms with Crippen molar-refractivity contribution in [2.45, 2.75) is 51.7 Å². The zero-order valence-electron chi connectivity index (χ0n) is 11.5. The van der Waals surface area contributed by atoms with Crippen molar-refractivity contribution in [3.8, 4) is 0 Å². The summed E-state index contributed by atoms with van der Waals surface area (Å²) in [4.78, 5) is 0. The molecule has 0 radical (unpaired) electrons. The Kier molecular flexibility index (Phi) is 3.13. The van der Waals surface area contributed by atoms with Crippen LogP contribution in [-0.2, 0) is 9.31 Å². The molecule has 2 rings (SSSR count). The minimum absolute atomic E-state index is 0.233. The van der Waals surface area contributed by atoms with E-state index in [0.717, 1.165) is 18.3 Å². The molecule has 4 heteroatoms. The molecule has 1 N–H and O–H groups in total. The summed E-state index contributed by atoms with van der Waals surface area (Å²) in [5.74, 6) is 0.